The molecule has 64 valence electrons. The lowest BCUT2D eigenvalue weighted by Crippen LogP contribution is -2.39. The fourth-order valence-corrected chi connectivity index (χ4v) is 1.48. The monoisotopic (exact) mass is 175 g/mol. The first-order valence-corrected chi connectivity index (χ1v) is 4.42. The summed E-state index contributed by atoms with van der Waals surface area (Å²) in [5.41, 5.74) is 1.52. The number of aliphatic hydroxyl groups excluding tert-OH is 1. The van der Waals surface area contributed by atoms with Gasteiger partial charge in [0, 0.05) is 18.0 Å². The molecule has 2 atom stereocenters. The summed E-state index contributed by atoms with van der Waals surface area (Å²) in [5.74, 6) is 0.346. The molecular formula is C8H14ClNO. The Morgan fingerprint density at radius 3 is 3.09 bits per heavy atom. The maximum Gasteiger partial charge on any atom is 0.0595 e. The molecule has 2 N–H and O–H groups in total. The van der Waals surface area contributed by atoms with Crippen molar-refractivity contribution in [3.05, 3.63) is 11.6 Å². The second kappa shape index (κ2) is 4.75. The Labute approximate surface area is 72.2 Å². The molecule has 1 aliphatic heterocycles. The Morgan fingerprint density at radius 2 is 2.45 bits per heavy atom. The molecule has 0 aromatic rings. The van der Waals surface area contributed by atoms with Crippen molar-refractivity contribution in [2.45, 2.75) is 18.9 Å². The second-order valence-corrected chi connectivity index (χ2v) is 3.17. The highest BCUT2D eigenvalue weighted by molar-refractivity contribution is 6.25. The molecule has 1 saturated heterocycles. The van der Waals surface area contributed by atoms with Gasteiger partial charge in [-0.2, -0.15) is 0 Å². The third-order valence-corrected chi connectivity index (χ3v) is 2.27. The van der Waals surface area contributed by atoms with E-state index in [2.05, 4.69) is 5.32 Å². The predicted octanol–water partition coefficient (Wildman–Crippen LogP) is 1.10. The normalized spacial score (nSPS) is 32.9. The molecule has 1 rings (SSSR count). The number of aliphatic hydroxyl groups is 1. The van der Waals surface area contributed by atoms with Crippen LogP contribution < -0.4 is 5.32 Å². The van der Waals surface area contributed by atoms with Crippen LogP contribution in [0.5, 0.6) is 0 Å². The molecular weight excluding hydrogens is 162 g/mol. The average Bonchev–Trinajstić information content (AvgIpc) is 2.03. The molecule has 1 aliphatic rings. The third-order valence-electron chi connectivity index (χ3n) is 2.10. The van der Waals surface area contributed by atoms with Crippen molar-refractivity contribution in [3.63, 3.8) is 0 Å². The standard InChI is InChI=1S/C8H14ClNO/c9-4-1-2-7-6-10-5-3-8(7)11/h1,4,7-8,10-11H,2-3,5-6H2/b4-1+. The van der Waals surface area contributed by atoms with Crippen LogP contribution in [0.15, 0.2) is 11.6 Å². The molecule has 0 saturated carbocycles. The number of nitrogens with one attached hydrogen (secondary N) is 1. The number of rotatable bonds is 2. The number of halogens is 1. The maximum atomic E-state index is 9.48. The van der Waals surface area contributed by atoms with Gasteiger partial charge in [0.05, 0.1) is 6.10 Å². The highest BCUT2D eigenvalue weighted by atomic mass is 35.5. The van der Waals surface area contributed by atoms with Gasteiger partial charge in [-0.15, -0.1) is 0 Å². The molecule has 0 aromatic carbocycles. The Bertz CT molecular complexity index is 138. The number of allylic oxidation sites excluding steroid dienone is 1. The minimum atomic E-state index is -0.149. The van der Waals surface area contributed by atoms with E-state index >= 15 is 0 Å². The number of hydrogen-bond acceptors (Lipinski definition) is 2. The molecule has 2 unspecified atom stereocenters. The van der Waals surface area contributed by atoms with E-state index in [9.17, 15) is 5.11 Å². The molecule has 0 aliphatic carbocycles. The highest BCUT2D eigenvalue weighted by Gasteiger charge is 2.20. The van der Waals surface area contributed by atoms with Crippen LogP contribution in [0.3, 0.4) is 0 Å². The largest absolute Gasteiger partial charge is 0.393 e. The summed E-state index contributed by atoms with van der Waals surface area (Å²) in [7, 11) is 0. The van der Waals surface area contributed by atoms with Crippen LogP contribution in [0, 0.1) is 5.92 Å². The van der Waals surface area contributed by atoms with Crippen LogP contribution in [0.2, 0.25) is 0 Å². The summed E-state index contributed by atoms with van der Waals surface area (Å²) in [6, 6.07) is 0. The third kappa shape index (κ3) is 2.81. The van der Waals surface area contributed by atoms with Gasteiger partial charge in [-0.1, -0.05) is 17.7 Å². The molecule has 2 nitrogen and oxygen atoms in total. The van der Waals surface area contributed by atoms with Crippen molar-refractivity contribution in [2.24, 2.45) is 5.92 Å². The van der Waals surface area contributed by atoms with Crippen LogP contribution in [0.1, 0.15) is 12.8 Å². The number of piperidine rings is 1. The minimum Gasteiger partial charge on any atom is -0.393 e. The summed E-state index contributed by atoms with van der Waals surface area (Å²) in [4.78, 5) is 0. The molecule has 3 heteroatoms. The van der Waals surface area contributed by atoms with Crippen LogP contribution in [0.4, 0.5) is 0 Å². The summed E-state index contributed by atoms with van der Waals surface area (Å²) in [6.45, 7) is 1.84. The molecule has 0 amide bonds. The van der Waals surface area contributed by atoms with Gasteiger partial charge in [-0.25, -0.2) is 0 Å². The smallest absolute Gasteiger partial charge is 0.0595 e. The van der Waals surface area contributed by atoms with Gasteiger partial charge in [-0.05, 0) is 19.4 Å². The van der Waals surface area contributed by atoms with E-state index in [1.54, 1.807) is 0 Å². The SMILES string of the molecule is OC1CCNCC1C/C=C/Cl. The Morgan fingerprint density at radius 1 is 1.64 bits per heavy atom. The van der Waals surface area contributed by atoms with E-state index in [4.69, 9.17) is 11.6 Å². The van der Waals surface area contributed by atoms with Crippen molar-refractivity contribution in [1.29, 1.82) is 0 Å². The zero-order chi connectivity index (χ0) is 8.10. The lowest BCUT2D eigenvalue weighted by atomic mass is 9.93. The van der Waals surface area contributed by atoms with Gasteiger partial charge in [-0.3, -0.25) is 0 Å². The van der Waals surface area contributed by atoms with Gasteiger partial charge in [0.2, 0.25) is 0 Å². The molecule has 1 fully saturated rings. The van der Waals surface area contributed by atoms with Crippen molar-refractivity contribution < 1.29 is 5.11 Å². The van der Waals surface area contributed by atoms with Gasteiger partial charge < -0.3 is 10.4 Å². The van der Waals surface area contributed by atoms with Crippen LogP contribution >= 0.6 is 11.6 Å². The van der Waals surface area contributed by atoms with Crippen molar-refractivity contribution in [3.8, 4) is 0 Å². The quantitative estimate of drug-likeness (QED) is 0.659. The maximum absolute atomic E-state index is 9.48. The van der Waals surface area contributed by atoms with Crippen LogP contribution in [0.25, 0.3) is 0 Å². The highest BCUT2D eigenvalue weighted by Crippen LogP contribution is 2.15. The topological polar surface area (TPSA) is 32.3 Å². The lowest BCUT2D eigenvalue weighted by molar-refractivity contribution is 0.0805. The lowest BCUT2D eigenvalue weighted by Gasteiger charge is -2.27. The zero-order valence-corrected chi connectivity index (χ0v) is 7.22. The van der Waals surface area contributed by atoms with Gasteiger partial charge in [0.25, 0.3) is 0 Å². The molecule has 1 heterocycles. The van der Waals surface area contributed by atoms with E-state index in [1.165, 1.54) is 5.54 Å². The minimum absolute atomic E-state index is 0.149. The van der Waals surface area contributed by atoms with E-state index in [-0.39, 0.29) is 6.10 Å². The fourth-order valence-electron chi connectivity index (χ4n) is 1.38. The van der Waals surface area contributed by atoms with Crippen LogP contribution in [-0.4, -0.2) is 24.3 Å². The molecule has 0 bridgehead atoms. The van der Waals surface area contributed by atoms with Gasteiger partial charge in [0.15, 0.2) is 0 Å². The summed E-state index contributed by atoms with van der Waals surface area (Å²) in [5, 5.41) is 12.7. The fraction of sp³-hybridized carbons (Fsp3) is 0.750. The van der Waals surface area contributed by atoms with Crippen molar-refractivity contribution >= 4 is 11.6 Å². The van der Waals surface area contributed by atoms with Gasteiger partial charge in [0.1, 0.15) is 0 Å². The first-order valence-electron chi connectivity index (χ1n) is 3.98. The number of hydrogen-bond donors (Lipinski definition) is 2. The van der Waals surface area contributed by atoms with E-state index in [0.29, 0.717) is 5.92 Å². The Balaban J connectivity index is 2.29. The Hall–Kier alpha value is -0.0500. The average molecular weight is 176 g/mol. The van der Waals surface area contributed by atoms with Crippen molar-refractivity contribution in [1.82, 2.24) is 5.32 Å². The summed E-state index contributed by atoms with van der Waals surface area (Å²) >= 11 is 5.39. The predicted molar refractivity (Wildman–Crippen MR) is 46.6 cm³/mol. The van der Waals surface area contributed by atoms with E-state index in [0.717, 1.165) is 25.9 Å². The molecule has 0 radical (unpaired) electrons. The molecule has 11 heavy (non-hydrogen) atoms. The van der Waals surface area contributed by atoms with Crippen molar-refractivity contribution in [2.75, 3.05) is 13.1 Å². The zero-order valence-electron chi connectivity index (χ0n) is 6.46. The Kier molecular flexibility index (Phi) is 3.91. The molecule has 0 spiro atoms. The first kappa shape index (κ1) is 9.04. The van der Waals surface area contributed by atoms with E-state index < -0.39 is 0 Å². The molecule has 0 aromatic heterocycles. The van der Waals surface area contributed by atoms with Crippen LogP contribution in [-0.2, 0) is 0 Å². The second-order valence-electron chi connectivity index (χ2n) is 2.92. The summed E-state index contributed by atoms with van der Waals surface area (Å²) in [6.07, 6.45) is 3.48. The van der Waals surface area contributed by atoms with Gasteiger partial charge >= 0.3 is 0 Å². The first-order chi connectivity index (χ1) is 5.34. The van der Waals surface area contributed by atoms with E-state index in [1.807, 2.05) is 6.08 Å². The summed E-state index contributed by atoms with van der Waals surface area (Å²) < 4.78 is 0.